The number of hydrogen-bond acceptors (Lipinski definition) is 6. The summed E-state index contributed by atoms with van der Waals surface area (Å²) in [7, 11) is -3.61. The molecule has 9 heteroatoms. The van der Waals surface area contributed by atoms with Crippen LogP contribution in [0.5, 0.6) is 0 Å². The number of carbonyl (C=O) groups is 1. The highest BCUT2D eigenvalue weighted by molar-refractivity contribution is 7.89. The second-order valence-corrected chi connectivity index (χ2v) is 10.5. The third-order valence-electron chi connectivity index (χ3n) is 5.38. The number of hydrogen-bond donors (Lipinski definition) is 0. The minimum Gasteiger partial charge on any atom is -0.461 e. The fourth-order valence-electron chi connectivity index (χ4n) is 3.48. The first-order chi connectivity index (χ1) is 14.7. The van der Waals surface area contributed by atoms with Crippen LogP contribution < -0.4 is 0 Å². The van der Waals surface area contributed by atoms with E-state index in [0.29, 0.717) is 11.5 Å². The largest absolute Gasteiger partial charge is 0.461 e. The van der Waals surface area contributed by atoms with E-state index in [2.05, 4.69) is 25.9 Å². The zero-order valence-corrected chi connectivity index (χ0v) is 18.6. The molecule has 1 amide bonds. The number of furan rings is 1. The van der Waals surface area contributed by atoms with Crippen LogP contribution in [0.3, 0.4) is 0 Å². The van der Waals surface area contributed by atoms with Crippen molar-refractivity contribution in [2.24, 2.45) is 0 Å². The monoisotopic (exact) mass is 443 g/mol. The highest BCUT2D eigenvalue weighted by Crippen LogP contribution is 2.26. The number of carbonyl (C=O) groups excluding carboxylic acids is 1. The maximum absolute atomic E-state index is 13.0. The molecule has 0 N–H and O–H groups in total. The van der Waals surface area contributed by atoms with Crippen molar-refractivity contribution in [2.45, 2.75) is 31.1 Å². The molecule has 0 radical (unpaired) electrons. The Morgan fingerprint density at radius 2 is 1.68 bits per heavy atom. The lowest BCUT2D eigenvalue weighted by molar-refractivity contribution is 0.0687. The summed E-state index contributed by atoms with van der Waals surface area (Å²) in [5, 5.41) is 3.83. The smallest absolute Gasteiger partial charge is 0.276 e. The standard InChI is InChI=1S/C22H25N3O5S/c1-22(2,3)16-6-8-17(9-7-16)31(27,28)25-12-10-24(11-13-25)21(26)18-15-20(30-23-18)19-5-4-14-29-19/h4-9,14-15H,10-13H2,1-3H3. The lowest BCUT2D eigenvalue weighted by Crippen LogP contribution is -2.50. The van der Waals surface area contributed by atoms with E-state index >= 15 is 0 Å². The molecule has 3 heterocycles. The molecule has 1 fully saturated rings. The molecule has 3 aromatic rings. The normalized spacial score (nSPS) is 15.9. The fourth-order valence-corrected chi connectivity index (χ4v) is 4.90. The molecule has 1 aliphatic heterocycles. The van der Waals surface area contributed by atoms with Crippen LogP contribution in [0.1, 0.15) is 36.8 Å². The van der Waals surface area contributed by atoms with E-state index < -0.39 is 10.0 Å². The van der Waals surface area contributed by atoms with Gasteiger partial charge in [0.2, 0.25) is 15.8 Å². The van der Waals surface area contributed by atoms with Crippen LogP contribution in [0.2, 0.25) is 0 Å². The van der Waals surface area contributed by atoms with Crippen LogP contribution in [0, 0.1) is 0 Å². The number of rotatable bonds is 4. The van der Waals surface area contributed by atoms with Gasteiger partial charge in [-0.05, 0) is 35.2 Å². The van der Waals surface area contributed by atoms with Crippen molar-refractivity contribution >= 4 is 15.9 Å². The van der Waals surface area contributed by atoms with Crippen LogP contribution in [0.25, 0.3) is 11.5 Å². The van der Waals surface area contributed by atoms with Crippen molar-refractivity contribution in [2.75, 3.05) is 26.2 Å². The highest BCUT2D eigenvalue weighted by Gasteiger charge is 2.31. The van der Waals surface area contributed by atoms with Gasteiger partial charge in [0.05, 0.1) is 11.2 Å². The average Bonchev–Trinajstić information content (AvgIpc) is 3.45. The quantitative estimate of drug-likeness (QED) is 0.613. The molecule has 164 valence electrons. The Morgan fingerprint density at radius 3 is 2.26 bits per heavy atom. The van der Waals surface area contributed by atoms with Crippen LogP contribution in [-0.2, 0) is 15.4 Å². The topological polar surface area (TPSA) is 96.9 Å². The molecule has 0 saturated carbocycles. The van der Waals surface area contributed by atoms with E-state index in [1.54, 1.807) is 29.2 Å². The zero-order valence-electron chi connectivity index (χ0n) is 17.7. The number of piperazine rings is 1. The summed E-state index contributed by atoms with van der Waals surface area (Å²) in [6, 6.07) is 12.0. The van der Waals surface area contributed by atoms with Crippen LogP contribution >= 0.6 is 0 Å². The van der Waals surface area contributed by atoms with Crippen molar-refractivity contribution in [3.8, 4) is 11.5 Å². The van der Waals surface area contributed by atoms with Gasteiger partial charge in [0.15, 0.2) is 11.5 Å². The minimum atomic E-state index is -3.61. The Balaban J connectivity index is 1.41. The molecule has 0 unspecified atom stereocenters. The van der Waals surface area contributed by atoms with Crippen molar-refractivity contribution < 1.29 is 22.2 Å². The van der Waals surface area contributed by atoms with E-state index in [0.717, 1.165) is 5.56 Å². The summed E-state index contributed by atoms with van der Waals surface area (Å²) in [6.07, 6.45) is 1.51. The van der Waals surface area contributed by atoms with Crippen molar-refractivity contribution in [3.05, 3.63) is 60.0 Å². The molecule has 0 aliphatic carbocycles. The first-order valence-electron chi connectivity index (χ1n) is 10.1. The Kier molecular flexibility index (Phi) is 5.49. The second-order valence-electron chi connectivity index (χ2n) is 8.52. The fraction of sp³-hybridized carbons (Fsp3) is 0.364. The Labute approximate surface area is 181 Å². The van der Waals surface area contributed by atoms with E-state index in [1.165, 1.54) is 16.6 Å². The van der Waals surface area contributed by atoms with E-state index in [9.17, 15) is 13.2 Å². The summed E-state index contributed by atoms with van der Waals surface area (Å²) >= 11 is 0. The van der Waals surface area contributed by atoms with Gasteiger partial charge in [0.25, 0.3) is 5.91 Å². The molecule has 0 atom stereocenters. The van der Waals surface area contributed by atoms with E-state index in [-0.39, 0.29) is 48.1 Å². The van der Waals surface area contributed by atoms with Gasteiger partial charge in [0, 0.05) is 32.2 Å². The lowest BCUT2D eigenvalue weighted by Gasteiger charge is -2.33. The molecule has 1 saturated heterocycles. The third-order valence-corrected chi connectivity index (χ3v) is 7.29. The minimum absolute atomic E-state index is 0.0494. The van der Waals surface area contributed by atoms with Crippen molar-refractivity contribution in [1.29, 1.82) is 0 Å². The van der Waals surface area contributed by atoms with Gasteiger partial charge in [-0.15, -0.1) is 0 Å². The third kappa shape index (κ3) is 4.28. The first-order valence-corrected chi connectivity index (χ1v) is 11.5. The van der Waals surface area contributed by atoms with Gasteiger partial charge in [0.1, 0.15) is 0 Å². The molecule has 0 bridgehead atoms. The van der Waals surface area contributed by atoms with E-state index in [4.69, 9.17) is 8.94 Å². The molecule has 0 spiro atoms. The van der Waals surface area contributed by atoms with Crippen LogP contribution in [0.15, 0.2) is 62.6 Å². The van der Waals surface area contributed by atoms with Gasteiger partial charge in [-0.2, -0.15) is 4.31 Å². The SMILES string of the molecule is CC(C)(C)c1ccc(S(=O)(=O)N2CCN(C(=O)c3cc(-c4ccco4)on3)CC2)cc1. The number of benzene rings is 1. The van der Waals surface area contributed by atoms with E-state index in [1.807, 2.05) is 12.1 Å². The maximum Gasteiger partial charge on any atom is 0.276 e. The Hall–Kier alpha value is -2.91. The van der Waals surface area contributed by atoms with Gasteiger partial charge in [-0.1, -0.05) is 38.1 Å². The predicted octanol–water partition coefficient (Wildman–Crippen LogP) is 3.38. The highest BCUT2D eigenvalue weighted by atomic mass is 32.2. The molecule has 1 aliphatic rings. The Morgan fingerprint density at radius 1 is 1.00 bits per heavy atom. The van der Waals surface area contributed by atoms with Crippen LogP contribution in [0.4, 0.5) is 0 Å². The Bertz CT molecular complexity index is 1150. The second kappa shape index (κ2) is 7.97. The van der Waals surface area contributed by atoms with Gasteiger partial charge in [-0.25, -0.2) is 8.42 Å². The average molecular weight is 444 g/mol. The van der Waals surface area contributed by atoms with Crippen molar-refractivity contribution in [1.82, 2.24) is 14.4 Å². The number of aromatic nitrogens is 1. The summed E-state index contributed by atoms with van der Waals surface area (Å²) in [5.74, 6) is 0.557. The summed E-state index contributed by atoms with van der Waals surface area (Å²) < 4.78 is 37.9. The molecular formula is C22H25N3O5S. The van der Waals surface area contributed by atoms with Gasteiger partial charge >= 0.3 is 0 Å². The molecule has 4 rings (SSSR count). The molecular weight excluding hydrogens is 418 g/mol. The van der Waals surface area contributed by atoms with Gasteiger partial charge in [-0.3, -0.25) is 4.79 Å². The van der Waals surface area contributed by atoms with Crippen LogP contribution in [-0.4, -0.2) is 54.9 Å². The van der Waals surface area contributed by atoms with Crippen molar-refractivity contribution in [3.63, 3.8) is 0 Å². The molecule has 31 heavy (non-hydrogen) atoms. The zero-order chi connectivity index (χ0) is 22.2. The predicted molar refractivity (Wildman–Crippen MR) is 114 cm³/mol. The molecule has 1 aromatic carbocycles. The summed E-state index contributed by atoms with van der Waals surface area (Å²) in [5.41, 5.74) is 1.19. The number of nitrogens with zero attached hydrogens (tertiary/aromatic N) is 3. The first kappa shape index (κ1) is 21.3. The summed E-state index contributed by atoms with van der Waals surface area (Å²) in [6.45, 7) is 7.25. The lowest BCUT2D eigenvalue weighted by atomic mass is 9.87. The molecule has 8 nitrogen and oxygen atoms in total. The number of amides is 1. The maximum atomic E-state index is 13.0. The number of sulfonamides is 1. The summed E-state index contributed by atoms with van der Waals surface area (Å²) in [4.78, 5) is 14.6. The molecule has 2 aromatic heterocycles. The van der Waals surface area contributed by atoms with Gasteiger partial charge < -0.3 is 13.8 Å².